The van der Waals surface area contributed by atoms with E-state index in [0.29, 0.717) is 11.6 Å². The van der Waals surface area contributed by atoms with E-state index in [9.17, 15) is 4.79 Å². The molecule has 0 radical (unpaired) electrons. The molecular formula is C13H18ClNO2. The van der Waals surface area contributed by atoms with Gasteiger partial charge in [-0.1, -0.05) is 11.6 Å². The second kappa shape index (κ2) is 5.41. The zero-order valence-electron chi connectivity index (χ0n) is 10.6. The third-order valence-corrected chi connectivity index (χ3v) is 2.88. The number of halogens is 1. The molecule has 0 amide bonds. The highest BCUT2D eigenvalue weighted by atomic mass is 35.5. The number of rotatable bonds is 4. The van der Waals surface area contributed by atoms with Gasteiger partial charge in [-0.05, 0) is 44.5 Å². The van der Waals surface area contributed by atoms with Gasteiger partial charge in [0.15, 0.2) is 0 Å². The first kappa shape index (κ1) is 13.8. The Morgan fingerprint density at radius 1 is 1.47 bits per heavy atom. The van der Waals surface area contributed by atoms with Gasteiger partial charge in [0.25, 0.3) is 0 Å². The lowest BCUT2D eigenvalue weighted by Crippen LogP contribution is -2.33. The molecule has 1 N–H and O–H groups in total. The Hall–Kier alpha value is -1.22. The summed E-state index contributed by atoms with van der Waals surface area (Å²) in [6.45, 7) is 6.18. The van der Waals surface area contributed by atoms with Crippen molar-refractivity contribution >= 4 is 23.3 Å². The molecule has 1 aromatic carbocycles. The maximum atomic E-state index is 11.5. The Kier molecular flexibility index (Phi) is 4.40. The zero-order chi connectivity index (χ0) is 13.1. The van der Waals surface area contributed by atoms with Gasteiger partial charge in [0.2, 0.25) is 0 Å². The first-order valence-electron chi connectivity index (χ1n) is 5.45. The van der Waals surface area contributed by atoms with E-state index >= 15 is 0 Å². The summed E-state index contributed by atoms with van der Waals surface area (Å²) < 4.78 is 4.75. The van der Waals surface area contributed by atoms with Gasteiger partial charge in [-0.15, -0.1) is 0 Å². The summed E-state index contributed by atoms with van der Waals surface area (Å²) in [7, 11) is 1.40. The molecule has 0 spiro atoms. The molecule has 17 heavy (non-hydrogen) atoms. The predicted molar refractivity (Wildman–Crippen MR) is 70.5 cm³/mol. The van der Waals surface area contributed by atoms with Gasteiger partial charge >= 0.3 is 5.97 Å². The molecule has 0 aliphatic carbocycles. The fourth-order valence-electron chi connectivity index (χ4n) is 1.49. The first-order chi connectivity index (χ1) is 7.86. The largest absolute Gasteiger partial charge is 0.469 e. The van der Waals surface area contributed by atoms with Crippen molar-refractivity contribution in [2.24, 2.45) is 5.41 Å². The highest BCUT2D eigenvalue weighted by Gasteiger charge is 2.28. The van der Waals surface area contributed by atoms with E-state index in [1.54, 1.807) is 0 Å². The normalized spacial score (nSPS) is 11.1. The Balaban J connectivity index is 2.70. The highest BCUT2D eigenvalue weighted by molar-refractivity contribution is 6.30. The topological polar surface area (TPSA) is 38.3 Å². The number of hydrogen-bond acceptors (Lipinski definition) is 3. The van der Waals surface area contributed by atoms with Crippen molar-refractivity contribution in [2.45, 2.75) is 20.8 Å². The standard InChI is InChI=1S/C13H18ClNO2/c1-9-7-10(14)5-6-11(9)15-8-13(2,3)12(16)17-4/h5-7,15H,8H2,1-4H3. The van der Waals surface area contributed by atoms with Gasteiger partial charge in [-0.3, -0.25) is 4.79 Å². The van der Waals surface area contributed by atoms with E-state index in [2.05, 4.69) is 5.32 Å². The minimum Gasteiger partial charge on any atom is -0.469 e. The molecule has 0 aliphatic heterocycles. The van der Waals surface area contributed by atoms with Crippen LogP contribution >= 0.6 is 11.6 Å². The van der Waals surface area contributed by atoms with Gasteiger partial charge in [0.1, 0.15) is 0 Å². The SMILES string of the molecule is COC(=O)C(C)(C)CNc1ccc(Cl)cc1C. The lowest BCUT2D eigenvalue weighted by atomic mass is 9.93. The van der Waals surface area contributed by atoms with E-state index in [1.807, 2.05) is 39.0 Å². The van der Waals surface area contributed by atoms with Crippen molar-refractivity contribution in [2.75, 3.05) is 19.0 Å². The maximum Gasteiger partial charge on any atom is 0.313 e. The summed E-state index contributed by atoms with van der Waals surface area (Å²) in [5, 5.41) is 3.94. The summed E-state index contributed by atoms with van der Waals surface area (Å²) in [4.78, 5) is 11.5. The number of ether oxygens (including phenoxy) is 1. The van der Waals surface area contributed by atoms with Crippen LogP contribution in [0.3, 0.4) is 0 Å². The Morgan fingerprint density at radius 2 is 2.12 bits per heavy atom. The Bertz CT molecular complexity index is 416. The van der Waals surface area contributed by atoms with Gasteiger partial charge < -0.3 is 10.1 Å². The minimum atomic E-state index is -0.555. The van der Waals surface area contributed by atoms with Gasteiger partial charge in [-0.2, -0.15) is 0 Å². The second-order valence-corrected chi connectivity index (χ2v) is 5.12. The lowest BCUT2D eigenvalue weighted by Gasteiger charge is -2.23. The number of methoxy groups -OCH3 is 1. The molecule has 0 aliphatic rings. The van der Waals surface area contributed by atoms with Crippen molar-refractivity contribution in [1.82, 2.24) is 0 Å². The molecule has 0 heterocycles. The smallest absolute Gasteiger partial charge is 0.313 e. The maximum absolute atomic E-state index is 11.5. The van der Waals surface area contributed by atoms with Crippen molar-refractivity contribution in [3.05, 3.63) is 28.8 Å². The summed E-state index contributed by atoms with van der Waals surface area (Å²) in [6.07, 6.45) is 0. The number of benzene rings is 1. The number of carbonyl (C=O) groups excluding carboxylic acids is 1. The Labute approximate surface area is 107 Å². The summed E-state index contributed by atoms with van der Waals surface area (Å²) in [5.41, 5.74) is 1.48. The molecule has 0 bridgehead atoms. The van der Waals surface area contributed by atoms with E-state index in [0.717, 1.165) is 11.3 Å². The second-order valence-electron chi connectivity index (χ2n) is 4.69. The monoisotopic (exact) mass is 255 g/mol. The molecule has 0 saturated carbocycles. The molecule has 1 aromatic rings. The number of nitrogens with one attached hydrogen (secondary N) is 1. The van der Waals surface area contributed by atoms with Gasteiger partial charge in [0, 0.05) is 17.3 Å². The van der Waals surface area contributed by atoms with E-state index in [-0.39, 0.29) is 5.97 Å². The van der Waals surface area contributed by atoms with Crippen molar-refractivity contribution in [3.63, 3.8) is 0 Å². The summed E-state index contributed by atoms with van der Waals surface area (Å²) >= 11 is 5.88. The van der Waals surface area contributed by atoms with Crippen molar-refractivity contribution in [3.8, 4) is 0 Å². The van der Waals surface area contributed by atoms with E-state index in [1.165, 1.54) is 7.11 Å². The number of carbonyl (C=O) groups is 1. The average Bonchev–Trinajstić information content (AvgIpc) is 2.26. The fraction of sp³-hybridized carbons (Fsp3) is 0.462. The molecule has 0 aromatic heterocycles. The predicted octanol–water partition coefficient (Wildman–Crippen LogP) is 3.26. The van der Waals surface area contributed by atoms with Crippen molar-refractivity contribution in [1.29, 1.82) is 0 Å². The van der Waals surface area contributed by atoms with Crippen LogP contribution in [0.5, 0.6) is 0 Å². The van der Waals surface area contributed by atoms with Crippen LogP contribution in [0.1, 0.15) is 19.4 Å². The molecular weight excluding hydrogens is 238 g/mol. The molecule has 3 nitrogen and oxygen atoms in total. The first-order valence-corrected chi connectivity index (χ1v) is 5.83. The molecule has 4 heteroatoms. The van der Waals surface area contributed by atoms with E-state index < -0.39 is 5.41 Å². The van der Waals surface area contributed by atoms with Crippen LogP contribution in [-0.2, 0) is 9.53 Å². The van der Waals surface area contributed by atoms with Crippen LogP contribution in [0.15, 0.2) is 18.2 Å². The number of esters is 1. The van der Waals surface area contributed by atoms with Crippen LogP contribution < -0.4 is 5.32 Å². The molecule has 94 valence electrons. The van der Waals surface area contributed by atoms with E-state index in [4.69, 9.17) is 16.3 Å². The highest BCUT2D eigenvalue weighted by Crippen LogP contribution is 2.23. The third kappa shape index (κ3) is 3.63. The third-order valence-electron chi connectivity index (χ3n) is 2.65. The zero-order valence-corrected chi connectivity index (χ0v) is 11.4. The minimum absolute atomic E-state index is 0.225. The average molecular weight is 256 g/mol. The number of hydrogen-bond donors (Lipinski definition) is 1. The van der Waals surface area contributed by atoms with Gasteiger partial charge in [0.05, 0.1) is 12.5 Å². The van der Waals surface area contributed by atoms with Crippen LogP contribution in [0.4, 0.5) is 5.69 Å². The van der Waals surface area contributed by atoms with Crippen LogP contribution in [0.25, 0.3) is 0 Å². The quantitative estimate of drug-likeness (QED) is 0.840. The molecule has 0 saturated heterocycles. The van der Waals surface area contributed by atoms with Crippen LogP contribution in [-0.4, -0.2) is 19.6 Å². The number of anilines is 1. The van der Waals surface area contributed by atoms with Crippen molar-refractivity contribution < 1.29 is 9.53 Å². The van der Waals surface area contributed by atoms with Gasteiger partial charge in [-0.25, -0.2) is 0 Å². The van der Waals surface area contributed by atoms with Crippen LogP contribution in [0, 0.1) is 12.3 Å². The number of aryl methyl sites for hydroxylation is 1. The summed E-state index contributed by atoms with van der Waals surface area (Å²) in [5.74, 6) is -0.225. The molecule has 0 unspecified atom stereocenters. The summed E-state index contributed by atoms with van der Waals surface area (Å²) in [6, 6.07) is 5.61. The Morgan fingerprint density at radius 3 is 2.65 bits per heavy atom. The van der Waals surface area contributed by atoms with Crippen LogP contribution in [0.2, 0.25) is 5.02 Å². The fourth-order valence-corrected chi connectivity index (χ4v) is 1.72. The molecule has 0 fully saturated rings. The lowest BCUT2D eigenvalue weighted by molar-refractivity contribution is -0.149. The molecule has 1 rings (SSSR count). The molecule has 0 atom stereocenters.